The molecule has 162 valence electrons. The van der Waals surface area contributed by atoms with Crippen molar-refractivity contribution in [2.45, 2.75) is 25.0 Å². The molecule has 0 aromatic heterocycles. The van der Waals surface area contributed by atoms with Crippen LogP contribution in [0.4, 0.5) is 0 Å². The van der Waals surface area contributed by atoms with Gasteiger partial charge in [-0.2, -0.15) is 0 Å². The summed E-state index contributed by atoms with van der Waals surface area (Å²) in [7, 11) is 9.24. The summed E-state index contributed by atoms with van der Waals surface area (Å²) in [5.41, 5.74) is 3.08. The van der Waals surface area contributed by atoms with Gasteiger partial charge in [-0.3, -0.25) is 0 Å². The first-order chi connectivity index (χ1) is 14.4. The van der Waals surface area contributed by atoms with Crippen LogP contribution in [0.1, 0.15) is 35.3 Å². The van der Waals surface area contributed by atoms with Crippen molar-refractivity contribution in [1.29, 1.82) is 0 Å². The molecule has 0 amide bonds. The number of quaternary nitrogens is 1. The SMILES string of the molecule is COc1ccc([C@@H](O)C[C@@H]2c3c(cc4c(c3OC)OCO4)CC[N+]2(C)C)cc1OC. The Morgan fingerprint density at radius 2 is 1.83 bits per heavy atom. The summed E-state index contributed by atoms with van der Waals surface area (Å²) in [6.45, 7) is 1.16. The molecular formula is C23H30NO6+. The number of aliphatic hydroxyl groups excluding tert-OH is 1. The van der Waals surface area contributed by atoms with Crippen LogP contribution in [0.2, 0.25) is 0 Å². The second-order valence-corrected chi connectivity index (χ2v) is 8.35. The number of likely N-dealkylation sites (N-methyl/N-ethyl adjacent to an activating group) is 1. The van der Waals surface area contributed by atoms with Crippen LogP contribution in [-0.4, -0.2) is 58.4 Å². The fourth-order valence-corrected chi connectivity index (χ4v) is 4.58. The van der Waals surface area contributed by atoms with Crippen molar-refractivity contribution in [3.8, 4) is 28.7 Å². The molecule has 0 unspecified atom stereocenters. The first-order valence-electron chi connectivity index (χ1n) is 10.1. The fraction of sp³-hybridized carbons (Fsp3) is 0.478. The molecule has 0 radical (unpaired) electrons. The number of fused-ring (bicyclic) bond motifs is 2. The molecular weight excluding hydrogens is 386 g/mol. The normalized spacial score (nSPS) is 19.7. The van der Waals surface area contributed by atoms with E-state index in [1.54, 1.807) is 21.3 Å². The summed E-state index contributed by atoms with van der Waals surface area (Å²) in [6, 6.07) is 7.64. The largest absolute Gasteiger partial charge is 0.493 e. The highest BCUT2D eigenvalue weighted by Gasteiger charge is 2.42. The topological polar surface area (TPSA) is 66.4 Å². The zero-order valence-electron chi connectivity index (χ0n) is 18.2. The van der Waals surface area contributed by atoms with Gasteiger partial charge >= 0.3 is 0 Å². The number of ether oxygens (including phenoxy) is 5. The second kappa shape index (κ2) is 7.89. The molecule has 7 nitrogen and oxygen atoms in total. The van der Waals surface area contributed by atoms with Crippen LogP contribution in [0.3, 0.4) is 0 Å². The predicted molar refractivity (Wildman–Crippen MR) is 112 cm³/mol. The van der Waals surface area contributed by atoms with Gasteiger partial charge in [0, 0.05) is 12.8 Å². The summed E-state index contributed by atoms with van der Waals surface area (Å²) in [4.78, 5) is 0. The minimum absolute atomic E-state index is 0.0290. The lowest BCUT2D eigenvalue weighted by atomic mass is 9.85. The molecule has 0 aliphatic carbocycles. The average molecular weight is 416 g/mol. The van der Waals surface area contributed by atoms with E-state index in [0.717, 1.165) is 40.1 Å². The summed E-state index contributed by atoms with van der Waals surface area (Å²) < 4.78 is 28.6. The molecule has 30 heavy (non-hydrogen) atoms. The molecule has 0 bridgehead atoms. The van der Waals surface area contributed by atoms with E-state index >= 15 is 0 Å². The van der Waals surface area contributed by atoms with Crippen molar-refractivity contribution in [3.63, 3.8) is 0 Å². The maximum absolute atomic E-state index is 11.2. The van der Waals surface area contributed by atoms with E-state index in [0.29, 0.717) is 23.7 Å². The molecule has 1 N–H and O–H groups in total. The lowest BCUT2D eigenvalue weighted by molar-refractivity contribution is -0.924. The minimum Gasteiger partial charge on any atom is -0.493 e. The van der Waals surface area contributed by atoms with Crippen molar-refractivity contribution < 1.29 is 33.3 Å². The van der Waals surface area contributed by atoms with Crippen molar-refractivity contribution in [3.05, 3.63) is 41.0 Å². The second-order valence-electron chi connectivity index (χ2n) is 8.35. The molecule has 4 rings (SSSR count). The van der Waals surface area contributed by atoms with Crippen molar-refractivity contribution in [2.24, 2.45) is 0 Å². The smallest absolute Gasteiger partial charge is 0.231 e. The number of methoxy groups -OCH3 is 3. The van der Waals surface area contributed by atoms with Crippen LogP contribution >= 0.6 is 0 Å². The first-order valence-corrected chi connectivity index (χ1v) is 10.1. The lowest BCUT2D eigenvalue weighted by Crippen LogP contribution is -2.48. The monoisotopic (exact) mass is 416 g/mol. The van der Waals surface area contributed by atoms with Gasteiger partial charge < -0.3 is 33.3 Å². The lowest BCUT2D eigenvalue weighted by Gasteiger charge is -2.44. The Balaban J connectivity index is 1.72. The summed E-state index contributed by atoms with van der Waals surface area (Å²) in [5.74, 6) is 3.35. The van der Waals surface area contributed by atoms with Crippen LogP contribution in [-0.2, 0) is 6.42 Å². The summed E-state index contributed by atoms with van der Waals surface area (Å²) in [5, 5.41) is 11.2. The Morgan fingerprint density at radius 3 is 2.53 bits per heavy atom. The van der Waals surface area contributed by atoms with Crippen LogP contribution < -0.4 is 23.7 Å². The quantitative estimate of drug-likeness (QED) is 0.730. The zero-order chi connectivity index (χ0) is 21.5. The Kier molecular flexibility index (Phi) is 5.42. The van der Waals surface area contributed by atoms with Crippen LogP contribution in [0.15, 0.2) is 24.3 Å². The molecule has 2 heterocycles. The number of hydrogen-bond acceptors (Lipinski definition) is 6. The van der Waals surface area contributed by atoms with Gasteiger partial charge in [0.1, 0.15) is 6.04 Å². The van der Waals surface area contributed by atoms with Gasteiger partial charge in [-0.15, -0.1) is 0 Å². The molecule has 7 heteroatoms. The van der Waals surface area contributed by atoms with Crippen LogP contribution in [0, 0.1) is 0 Å². The Morgan fingerprint density at radius 1 is 1.07 bits per heavy atom. The number of nitrogens with zero attached hydrogens (tertiary/aromatic N) is 1. The van der Waals surface area contributed by atoms with E-state index < -0.39 is 6.10 Å². The Hall–Kier alpha value is -2.64. The zero-order valence-corrected chi connectivity index (χ0v) is 18.2. The first kappa shape index (κ1) is 20.6. The predicted octanol–water partition coefficient (Wildman–Crippen LogP) is 3.24. The molecule has 0 spiro atoms. The van der Waals surface area contributed by atoms with Gasteiger partial charge in [-0.25, -0.2) is 0 Å². The van der Waals surface area contributed by atoms with Gasteiger partial charge in [0.05, 0.1) is 53.6 Å². The van der Waals surface area contributed by atoms with E-state index in [-0.39, 0.29) is 12.8 Å². The number of benzene rings is 2. The Bertz CT molecular complexity index is 942. The van der Waals surface area contributed by atoms with Crippen molar-refractivity contribution in [1.82, 2.24) is 0 Å². The van der Waals surface area contributed by atoms with E-state index in [9.17, 15) is 5.11 Å². The van der Waals surface area contributed by atoms with E-state index in [4.69, 9.17) is 23.7 Å². The van der Waals surface area contributed by atoms with E-state index in [2.05, 4.69) is 20.2 Å². The highest BCUT2D eigenvalue weighted by atomic mass is 16.7. The van der Waals surface area contributed by atoms with Gasteiger partial charge in [0.2, 0.25) is 12.5 Å². The molecule has 0 saturated carbocycles. The third-order valence-electron chi connectivity index (χ3n) is 6.32. The number of hydrogen-bond donors (Lipinski definition) is 1. The van der Waals surface area contributed by atoms with E-state index in [1.807, 2.05) is 18.2 Å². The number of aliphatic hydroxyl groups is 1. The third-order valence-corrected chi connectivity index (χ3v) is 6.32. The van der Waals surface area contributed by atoms with Crippen molar-refractivity contribution >= 4 is 0 Å². The minimum atomic E-state index is -0.673. The maximum atomic E-state index is 11.2. The number of rotatable bonds is 6. The molecule has 2 aromatic carbocycles. The standard InChI is InChI=1S/C23H30NO6/c1-24(2)9-8-15-11-20-22(30-13-29-20)23(28-5)21(15)16(24)12-17(25)14-6-7-18(26-3)19(10-14)27-4/h6-7,10-11,16-17,25H,8-9,12-13H2,1-5H3/q+1/t16-,17+/m1/s1. The van der Waals surface area contributed by atoms with Gasteiger partial charge in [0.15, 0.2) is 23.0 Å². The van der Waals surface area contributed by atoms with E-state index in [1.165, 1.54) is 5.56 Å². The average Bonchev–Trinajstić information content (AvgIpc) is 3.21. The van der Waals surface area contributed by atoms with Gasteiger partial charge in [-0.05, 0) is 29.3 Å². The van der Waals surface area contributed by atoms with Gasteiger partial charge in [0.25, 0.3) is 0 Å². The van der Waals surface area contributed by atoms with Gasteiger partial charge in [-0.1, -0.05) is 6.07 Å². The molecule has 0 saturated heterocycles. The summed E-state index contributed by atoms with van der Waals surface area (Å²) in [6.07, 6.45) is 0.775. The summed E-state index contributed by atoms with van der Waals surface area (Å²) >= 11 is 0. The fourth-order valence-electron chi connectivity index (χ4n) is 4.58. The molecule has 2 aromatic rings. The molecule has 2 atom stereocenters. The third kappa shape index (κ3) is 3.42. The highest BCUT2D eigenvalue weighted by molar-refractivity contribution is 5.61. The molecule has 0 fully saturated rings. The maximum Gasteiger partial charge on any atom is 0.231 e. The molecule has 2 aliphatic rings. The highest BCUT2D eigenvalue weighted by Crippen LogP contribution is 2.52. The molecule has 2 aliphatic heterocycles. The van der Waals surface area contributed by atoms with Crippen LogP contribution in [0.5, 0.6) is 28.7 Å². The Labute approximate surface area is 177 Å². The van der Waals surface area contributed by atoms with Crippen LogP contribution in [0.25, 0.3) is 0 Å². The van der Waals surface area contributed by atoms with Crippen molar-refractivity contribution in [2.75, 3.05) is 48.8 Å².